The molecule has 2 aromatic carbocycles. The maximum absolute atomic E-state index is 4.64. The summed E-state index contributed by atoms with van der Waals surface area (Å²) in [5.41, 5.74) is 3.55. The number of hydrogen-bond acceptors (Lipinski definition) is 2. The van der Waals surface area contributed by atoms with E-state index in [1.807, 2.05) is 23.6 Å². The van der Waals surface area contributed by atoms with Gasteiger partial charge in [-0.05, 0) is 24.3 Å². The van der Waals surface area contributed by atoms with Crippen molar-refractivity contribution in [3.05, 3.63) is 54.7 Å². The van der Waals surface area contributed by atoms with Crippen molar-refractivity contribution in [3.8, 4) is 0 Å². The Morgan fingerprint density at radius 1 is 0.905 bits per heavy atom. The molecule has 5 aromatic rings. The number of benzene rings is 2. The summed E-state index contributed by atoms with van der Waals surface area (Å²) in [5.74, 6) is 0. The first-order valence-corrected chi connectivity index (χ1v) is 7.79. The third-order valence-corrected chi connectivity index (χ3v) is 5.47. The molecular formula is C18H12N2S. The van der Waals surface area contributed by atoms with E-state index < -0.39 is 0 Å². The minimum atomic E-state index is 1.10. The van der Waals surface area contributed by atoms with E-state index in [9.17, 15) is 0 Å². The number of aromatic nitrogens is 2. The van der Waals surface area contributed by atoms with Crippen LogP contribution in [0.3, 0.4) is 0 Å². The second-order valence-electron chi connectivity index (χ2n) is 5.36. The maximum atomic E-state index is 4.64. The number of pyridine rings is 1. The van der Waals surface area contributed by atoms with Crippen molar-refractivity contribution >= 4 is 53.4 Å². The molecule has 0 aliphatic heterocycles. The van der Waals surface area contributed by atoms with Gasteiger partial charge >= 0.3 is 0 Å². The minimum Gasteiger partial charge on any atom is -0.342 e. The van der Waals surface area contributed by atoms with Gasteiger partial charge in [-0.15, -0.1) is 11.3 Å². The van der Waals surface area contributed by atoms with Gasteiger partial charge in [0.2, 0.25) is 0 Å². The van der Waals surface area contributed by atoms with Gasteiger partial charge in [0.15, 0.2) is 0 Å². The molecule has 21 heavy (non-hydrogen) atoms. The van der Waals surface area contributed by atoms with Crippen molar-refractivity contribution in [2.24, 2.45) is 7.05 Å². The Hall–Kier alpha value is -2.39. The van der Waals surface area contributed by atoms with Gasteiger partial charge in [0.05, 0.1) is 16.6 Å². The Kier molecular flexibility index (Phi) is 2.06. The number of aryl methyl sites for hydroxylation is 1. The summed E-state index contributed by atoms with van der Waals surface area (Å²) in [4.78, 5) is 4.64. The molecule has 5 rings (SSSR count). The van der Waals surface area contributed by atoms with Crippen LogP contribution in [0.5, 0.6) is 0 Å². The molecule has 0 atom stereocenters. The fourth-order valence-electron chi connectivity index (χ4n) is 3.28. The zero-order valence-corrected chi connectivity index (χ0v) is 12.3. The molecule has 3 heteroatoms. The molecule has 3 aromatic heterocycles. The lowest BCUT2D eigenvalue weighted by Crippen LogP contribution is -1.85. The molecule has 0 aliphatic carbocycles. The van der Waals surface area contributed by atoms with Crippen molar-refractivity contribution < 1.29 is 0 Å². The summed E-state index contributed by atoms with van der Waals surface area (Å²) < 4.78 is 4.92. The highest BCUT2D eigenvalue weighted by molar-refractivity contribution is 7.26. The highest BCUT2D eigenvalue weighted by atomic mass is 32.1. The van der Waals surface area contributed by atoms with Gasteiger partial charge in [0.1, 0.15) is 0 Å². The summed E-state index contributed by atoms with van der Waals surface area (Å²) in [6, 6.07) is 17.2. The lowest BCUT2D eigenvalue weighted by atomic mass is 10.1. The van der Waals surface area contributed by atoms with Gasteiger partial charge in [-0.25, -0.2) is 0 Å². The van der Waals surface area contributed by atoms with E-state index >= 15 is 0 Å². The van der Waals surface area contributed by atoms with Crippen molar-refractivity contribution in [3.63, 3.8) is 0 Å². The molecule has 100 valence electrons. The molecule has 0 saturated carbocycles. The van der Waals surface area contributed by atoms with Crippen LogP contribution in [0.2, 0.25) is 0 Å². The second kappa shape index (κ2) is 3.83. The molecule has 0 amide bonds. The fourth-order valence-corrected chi connectivity index (χ4v) is 4.52. The van der Waals surface area contributed by atoms with Gasteiger partial charge < -0.3 is 4.57 Å². The van der Waals surface area contributed by atoms with E-state index in [1.165, 1.54) is 36.6 Å². The van der Waals surface area contributed by atoms with Gasteiger partial charge in [0.25, 0.3) is 0 Å². The molecule has 0 unspecified atom stereocenters. The number of fused-ring (bicyclic) bond motifs is 7. The van der Waals surface area contributed by atoms with Crippen LogP contribution in [0, 0.1) is 0 Å². The number of thiophene rings is 1. The standard InChI is InChI=1S/C18H12N2S/c1-20-13-9-8-12-11-5-2-3-7-15(11)21-18(12)16(13)17-14(20)6-4-10-19-17/h2-10H,1H3. The maximum Gasteiger partial charge on any atom is 0.0974 e. The lowest BCUT2D eigenvalue weighted by molar-refractivity contribution is 1.01. The lowest BCUT2D eigenvalue weighted by Gasteiger charge is -1.97. The zero-order valence-electron chi connectivity index (χ0n) is 11.5. The van der Waals surface area contributed by atoms with E-state index in [0.717, 1.165) is 5.52 Å². The fraction of sp³-hybridized carbons (Fsp3) is 0.0556. The number of rotatable bonds is 0. The topological polar surface area (TPSA) is 17.8 Å². The van der Waals surface area contributed by atoms with Gasteiger partial charge in [0, 0.05) is 38.8 Å². The molecule has 0 N–H and O–H groups in total. The third-order valence-electron chi connectivity index (χ3n) is 4.27. The molecule has 0 aliphatic rings. The van der Waals surface area contributed by atoms with E-state index in [4.69, 9.17) is 0 Å². The Morgan fingerprint density at radius 3 is 2.76 bits per heavy atom. The highest BCUT2D eigenvalue weighted by Crippen LogP contribution is 2.41. The average Bonchev–Trinajstić information content (AvgIpc) is 3.04. The van der Waals surface area contributed by atoms with Crippen molar-refractivity contribution in [2.75, 3.05) is 0 Å². The first-order valence-electron chi connectivity index (χ1n) is 6.98. The predicted octanol–water partition coefficient (Wildman–Crippen LogP) is 5.09. The molecular weight excluding hydrogens is 276 g/mol. The second-order valence-corrected chi connectivity index (χ2v) is 6.42. The van der Waals surface area contributed by atoms with E-state index in [1.54, 1.807) is 0 Å². The number of hydrogen-bond donors (Lipinski definition) is 0. The summed E-state index contributed by atoms with van der Waals surface area (Å²) >= 11 is 1.87. The predicted molar refractivity (Wildman–Crippen MR) is 91.1 cm³/mol. The quantitative estimate of drug-likeness (QED) is 0.388. The first-order chi connectivity index (χ1) is 10.3. The van der Waals surface area contributed by atoms with Crippen LogP contribution in [0.4, 0.5) is 0 Å². The molecule has 2 nitrogen and oxygen atoms in total. The Bertz CT molecular complexity index is 1150. The Morgan fingerprint density at radius 2 is 1.81 bits per heavy atom. The summed E-state index contributed by atoms with van der Waals surface area (Å²) in [6.07, 6.45) is 1.88. The van der Waals surface area contributed by atoms with Crippen LogP contribution in [0.1, 0.15) is 0 Å². The van der Waals surface area contributed by atoms with Crippen LogP contribution in [0.25, 0.3) is 42.1 Å². The smallest absolute Gasteiger partial charge is 0.0974 e. The highest BCUT2D eigenvalue weighted by Gasteiger charge is 2.14. The summed E-state index contributed by atoms with van der Waals surface area (Å²) in [7, 11) is 2.12. The molecule has 0 spiro atoms. The zero-order chi connectivity index (χ0) is 14.0. The van der Waals surface area contributed by atoms with E-state index in [2.05, 4.69) is 59.1 Å². The molecule has 3 heterocycles. The minimum absolute atomic E-state index is 1.10. The monoisotopic (exact) mass is 288 g/mol. The molecule has 0 saturated heterocycles. The van der Waals surface area contributed by atoms with Crippen LogP contribution < -0.4 is 0 Å². The molecule has 0 fully saturated rings. The van der Waals surface area contributed by atoms with Crippen LogP contribution in [0.15, 0.2) is 54.7 Å². The largest absolute Gasteiger partial charge is 0.342 e. The van der Waals surface area contributed by atoms with Crippen molar-refractivity contribution in [1.29, 1.82) is 0 Å². The molecule has 0 radical (unpaired) electrons. The molecule has 0 bridgehead atoms. The van der Waals surface area contributed by atoms with Crippen molar-refractivity contribution in [1.82, 2.24) is 9.55 Å². The van der Waals surface area contributed by atoms with Gasteiger partial charge in [-0.3, -0.25) is 4.98 Å². The van der Waals surface area contributed by atoms with Crippen molar-refractivity contribution in [2.45, 2.75) is 0 Å². The van der Waals surface area contributed by atoms with Gasteiger partial charge in [-0.1, -0.05) is 24.3 Å². The number of nitrogens with zero attached hydrogens (tertiary/aromatic N) is 2. The van der Waals surface area contributed by atoms with Gasteiger partial charge in [-0.2, -0.15) is 0 Å². The van der Waals surface area contributed by atoms with Crippen LogP contribution in [-0.2, 0) is 7.05 Å². The summed E-state index contributed by atoms with van der Waals surface area (Å²) in [6.45, 7) is 0. The average molecular weight is 288 g/mol. The normalized spacial score (nSPS) is 12.0. The first kappa shape index (κ1) is 11.3. The van der Waals surface area contributed by atoms with E-state index in [-0.39, 0.29) is 0 Å². The summed E-state index contributed by atoms with van der Waals surface area (Å²) in [5, 5.41) is 3.96. The Balaban J connectivity index is 2.16. The third kappa shape index (κ3) is 1.34. The SMILES string of the molecule is Cn1c2cccnc2c2c3sc4ccccc4c3ccc21. The Labute approximate surface area is 125 Å². The van der Waals surface area contributed by atoms with Crippen LogP contribution >= 0.6 is 11.3 Å². The van der Waals surface area contributed by atoms with E-state index in [0.29, 0.717) is 0 Å². The van der Waals surface area contributed by atoms with Crippen LogP contribution in [-0.4, -0.2) is 9.55 Å².